The molecule has 3 heteroatoms. The van der Waals surface area contributed by atoms with E-state index in [4.69, 9.17) is 5.73 Å². The van der Waals surface area contributed by atoms with Crippen molar-refractivity contribution in [2.75, 3.05) is 32.7 Å². The molecule has 0 bridgehead atoms. The van der Waals surface area contributed by atoms with E-state index in [2.05, 4.69) is 24.5 Å². The summed E-state index contributed by atoms with van der Waals surface area (Å²) in [4.78, 5) is 0. The first kappa shape index (κ1) is 15.9. The summed E-state index contributed by atoms with van der Waals surface area (Å²) in [6, 6.07) is 0. The minimum Gasteiger partial charge on any atom is -0.330 e. The highest BCUT2D eigenvalue weighted by atomic mass is 14.9. The first-order valence-electron chi connectivity index (χ1n) is 6.89. The molecule has 0 atom stereocenters. The average Bonchev–Trinajstić information content (AvgIpc) is 2.25. The fourth-order valence-electron chi connectivity index (χ4n) is 1.62. The standard InChI is InChI=1S/C13H31N3/c1-13(2)7-5-10-16-12-6-11-15-9-4-3-8-14/h13,15-16H,3-12,14H2,1-2H3. The number of hydrogen-bond acceptors (Lipinski definition) is 3. The van der Waals surface area contributed by atoms with E-state index in [1.165, 1.54) is 32.2 Å². The van der Waals surface area contributed by atoms with Crippen molar-refractivity contribution in [1.82, 2.24) is 10.6 Å². The molecule has 0 saturated heterocycles. The van der Waals surface area contributed by atoms with Gasteiger partial charge in [-0.25, -0.2) is 0 Å². The Morgan fingerprint density at radius 3 is 1.94 bits per heavy atom. The van der Waals surface area contributed by atoms with Gasteiger partial charge in [-0.1, -0.05) is 13.8 Å². The third kappa shape index (κ3) is 13.9. The Labute approximate surface area is 102 Å². The second-order valence-electron chi connectivity index (χ2n) is 4.89. The van der Waals surface area contributed by atoms with Gasteiger partial charge in [-0.3, -0.25) is 0 Å². The van der Waals surface area contributed by atoms with E-state index in [0.717, 1.165) is 38.5 Å². The molecule has 0 rings (SSSR count). The van der Waals surface area contributed by atoms with Crippen molar-refractivity contribution in [2.45, 2.75) is 46.0 Å². The van der Waals surface area contributed by atoms with Crippen LogP contribution in [0.15, 0.2) is 0 Å². The van der Waals surface area contributed by atoms with E-state index >= 15 is 0 Å². The van der Waals surface area contributed by atoms with Crippen molar-refractivity contribution in [3.63, 3.8) is 0 Å². The highest BCUT2D eigenvalue weighted by molar-refractivity contribution is 4.54. The third-order valence-corrected chi connectivity index (χ3v) is 2.65. The molecule has 0 aliphatic carbocycles. The molecular formula is C13H31N3. The maximum absolute atomic E-state index is 5.42. The summed E-state index contributed by atoms with van der Waals surface area (Å²) < 4.78 is 0. The maximum Gasteiger partial charge on any atom is -0.00368 e. The van der Waals surface area contributed by atoms with Crippen molar-refractivity contribution < 1.29 is 0 Å². The second-order valence-corrected chi connectivity index (χ2v) is 4.89. The average molecular weight is 229 g/mol. The van der Waals surface area contributed by atoms with Gasteiger partial charge < -0.3 is 16.4 Å². The summed E-state index contributed by atoms with van der Waals surface area (Å²) in [5, 5.41) is 6.92. The first-order valence-corrected chi connectivity index (χ1v) is 6.89. The Hall–Kier alpha value is -0.120. The summed E-state index contributed by atoms with van der Waals surface area (Å²) in [6.07, 6.45) is 6.22. The van der Waals surface area contributed by atoms with E-state index < -0.39 is 0 Å². The van der Waals surface area contributed by atoms with E-state index in [1.807, 2.05) is 0 Å². The van der Waals surface area contributed by atoms with Crippen molar-refractivity contribution >= 4 is 0 Å². The van der Waals surface area contributed by atoms with Crippen LogP contribution >= 0.6 is 0 Å². The van der Waals surface area contributed by atoms with Crippen LogP contribution in [0.2, 0.25) is 0 Å². The number of hydrogen-bond donors (Lipinski definition) is 3. The molecule has 0 unspecified atom stereocenters. The molecule has 98 valence electrons. The van der Waals surface area contributed by atoms with Gasteiger partial charge in [0.2, 0.25) is 0 Å². The number of unbranched alkanes of at least 4 members (excludes halogenated alkanes) is 1. The summed E-state index contributed by atoms with van der Waals surface area (Å²) in [7, 11) is 0. The molecule has 0 amide bonds. The first-order chi connectivity index (χ1) is 7.77. The Morgan fingerprint density at radius 1 is 0.812 bits per heavy atom. The Kier molecular flexibility index (Phi) is 12.9. The Morgan fingerprint density at radius 2 is 1.38 bits per heavy atom. The van der Waals surface area contributed by atoms with Gasteiger partial charge in [0.05, 0.1) is 0 Å². The van der Waals surface area contributed by atoms with Gasteiger partial charge in [-0.05, 0) is 70.7 Å². The van der Waals surface area contributed by atoms with Gasteiger partial charge in [0.15, 0.2) is 0 Å². The lowest BCUT2D eigenvalue weighted by atomic mass is 10.1. The van der Waals surface area contributed by atoms with E-state index in [1.54, 1.807) is 0 Å². The highest BCUT2D eigenvalue weighted by Crippen LogP contribution is 2.01. The normalized spacial score (nSPS) is 11.2. The van der Waals surface area contributed by atoms with E-state index in [-0.39, 0.29) is 0 Å². The summed E-state index contributed by atoms with van der Waals surface area (Å²) >= 11 is 0. The number of nitrogens with two attached hydrogens (primary N) is 1. The van der Waals surface area contributed by atoms with Gasteiger partial charge in [0.1, 0.15) is 0 Å². The third-order valence-electron chi connectivity index (χ3n) is 2.65. The highest BCUT2D eigenvalue weighted by Gasteiger charge is 1.93. The van der Waals surface area contributed by atoms with Crippen LogP contribution in [0.1, 0.15) is 46.0 Å². The molecule has 0 aromatic carbocycles. The molecule has 0 aromatic rings. The molecular weight excluding hydrogens is 198 g/mol. The molecule has 0 spiro atoms. The summed E-state index contributed by atoms with van der Waals surface area (Å²) in [5.41, 5.74) is 5.42. The lowest BCUT2D eigenvalue weighted by Crippen LogP contribution is -2.23. The zero-order valence-electron chi connectivity index (χ0n) is 11.2. The zero-order chi connectivity index (χ0) is 12.1. The van der Waals surface area contributed by atoms with Crippen LogP contribution in [0.3, 0.4) is 0 Å². The van der Waals surface area contributed by atoms with Gasteiger partial charge >= 0.3 is 0 Å². The molecule has 3 nitrogen and oxygen atoms in total. The maximum atomic E-state index is 5.42. The Bertz CT molecular complexity index is 126. The zero-order valence-corrected chi connectivity index (χ0v) is 11.2. The molecule has 0 aliphatic heterocycles. The quantitative estimate of drug-likeness (QED) is 0.447. The van der Waals surface area contributed by atoms with Crippen LogP contribution in [-0.2, 0) is 0 Å². The predicted octanol–water partition coefficient (Wildman–Crippen LogP) is 1.73. The van der Waals surface area contributed by atoms with Gasteiger partial charge in [0.25, 0.3) is 0 Å². The molecule has 0 aromatic heterocycles. The van der Waals surface area contributed by atoms with Gasteiger partial charge in [-0.15, -0.1) is 0 Å². The fraction of sp³-hybridized carbons (Fsp3) is 1.00. The molecule has 0 saturated carbocycles. The smallest absolute Gasteiger partial charge is 0.00368 e. The van der Waals surface area contributed by atoms with Crippen molar-refractivity contribution in [1.29, 1.82) is 0 Å². The topological polar surface area (TPSA) is 50.1 Å². The van der Waals surface area contributed by atoms with Crippen molar-refractivity contribution in [3.8, 4) is 0 Å². The summed E-state index contributed by atoms with van der Waals surface area (Å²) in [6.45, 7) is 9.94. The molecule has 4 N–H and O–H groups in total. The molecule has 0 aliphatic rings. The minimum absolute atomic E-state index is 0.819. The van der Waals surface area contributed by atoms with Crippen LogP contribution in [0, 0.1) is 5.92 Å². The minimum atomic E-state index is 0.819. The fourth-order valence-corrected chi connectivity index (χ4v) is 1.62. The second kappa shape index (κ2) is 12.9. The van der Waals surface area contributed by atoms with Crippen molar-refractivity contribution in [3.05, 3.63) is 0 Å². The molecule has 0 fully saturated rings. The van der Waals surface area contributed by atoms with Gasteiger partial charge in [-0.2, -0.15) is 0 Å². The van der Waals surface area contributed by atoms with Crippen LogP contribution in [-0.4, -0.2) is 32.7 Å². The lowest BCUT2D eigenvalue weighted by Gasteiger charge is -2.07. The molecule has 0 heterocycles. The Balaban J connectivity index is 2.88. The number of nitrogens with one attached hydrogen (secondary N) is 2. The van der Waals surface area contributed by atoms with Crippen LogP contribution < -0.4 is 16.4 Å². The molecule has 0 radical (unpaired) electrons. The van der Waals surface area contributed by atoms with E-state index in [9.17, 15) is 0 Å². The van der Waals surface area contributed by atoms with Crippen LogP contribution in [0.5, 0.6) is 0 Å². The summed E-state index contributed by atoms with van der Waals surface area (Å²) in [5.74, 6) is 0.839. The van der Waals surface area contributed by atoms with Gasteiger partial charge in [0, 0.05) is 0 Å². The monoisotopic (exact) mass is 229 g/mol. The predicted molar refractivity (Wildman–Crippen MR) is 72.7 cm³/mol. The van der Waals surface area contributed by atoms with E-state index in [0.29, 0.717) is 0 Å². The largest absolute Gasteiger partial charge is 0.330 e. The van der Waals surface area contributed by atoms with Crippen molar-refractivity contribution in [2.24, 2.45) is 11.7 Å². The lowest BCUT2D eigenvalue weighted by molar-refractivity contribution is 0.517. The van der Waals surface area contributed by atoms with Crippen LogP contribution in [0.4, 0.5) is 0 Å². The van der Waals surface area contributed by atoms with Crippen LogP contribution in [0.25, 0.3) is 0 Å². The molecule has 16 heavy (non-hydrogen) atoms. The number of rotatable bonds is 12. The SMILES string of the molecule is CC(C)CCCNCCCNCCCCN.